The van der Waals surface area contributed by atoms with Crippen molar-refractivity contribution < 1.29 is 9.59 Å². The third-order valence-electron chi connectivity index (χ3n) is 1.64. The highest BCUT2D eigenvalue weighted by atomic mass is 79.9. The summed E-state index contributed by atoms with van der Waals surface area (Å²) in [5.41, 5.74) is 0. The van der Waals surface area contributed by atoms with Crippen LogP contribution in [0.1, 0.15) is 25.7 Å². The number of Topliss-reactive ketones (excluding diaryl/α,β-unsaturated/α-hetero) is 2. The first-order valence-electron chi connectivity index (χ1n) is 3.38. The Morgan fingerprint density at radius 3 is 2.70 bits per heavy atom. The molecular weight excluding hydrogens is 196 g/mol. The Morgan fingerprint density at radius 1 is 1.30 bits per heavy atom. The molecule has 0 aromatic rings. The average Bonchev–Trinajstić information content (AvgIpc) is 1.96. The van der Waals surface area contributed by atoms with Gasteiger partial charge in [0.25, 0.3) is 0 Å². The number of hydrogen-bond acceptors (Lipinski definition) is 2. The number of carbonyl (C=O) groups excluding carboxylic acids is 2. The van der Waals surface area contributed by atoms with E-state index in [4.69, 9.17) is 0 Å². The smallest absolute Gasteiger partial charge is 0.146 e. The Bertz CT molecular complexity index is 165. The van der Waals surface area contributed by atoms with E-state index in [-0.39, 0.29) is 16.4 Å². The van der Waals surface area contributed by atoms with Crippen molar-refractivity contribution in [3.05, 3.63) is 0 Å². The molecule has 0 N–H and O–H groups in total. The van der Waals surface area contributed by atoms with Crippen LogP contribution in [0.2, 0.25) is 0 Å². The Morgan fingerprint density at radius 2 is 2.00 bits per heavy atom. The number of carbonyl (C=O) groups is 2. The van der Waals surface area contributed by atoms with Gasteiger partial charge in [-0.05, 0) is 6.42 Å². The molecule has 0 spiro atoms. The summed E-state index contributed by atoms with van der Waals surface area (Å²) < 4.78 is 0. The second-order valence-corrected chi connectivity index (χ2v) is 3.64. The summed E-state index contributed by atoms with van der Waals surface area (Å²) in [5.74, 6) is 0.374. The average molecular weight is 205 g/mol. The lowest BCUT2D eigenvalue weighted by Crippen LogP contribution is -2.13. The molecule has 56 valence electrons. The van der Waals surface area contributed by atoms with E-state index in [0.29, 0.717) is 19.3 Å². The molecule has 0 saturated heterocycles. The second kappa shape index (κ2) is 3.28. The van der Waals surface area contributed by atoms with Crippen LogP contribution >= 0.6 is 15.9 Å². The zero-order chi connectivity index (χ0) is 7.56. The quantitative estimate of drug-likeness (QED) is 0.443. The van der Waals surface area contributed by atoms with Gasteiger partial charge in [-0.15, -0.1) is 0 Å². The normalized spacial score (nSPS) is 28.3. The minimum atomic E-state index is -0.206. The number of hydrogen-bond donors (Lipinski definition) is 0. The molecule has 2 nitrogen and oxygen atoms in total. The fraction of sp³-hybridized carbons (Fsp3) is 0.714. The molecule has 0 heterocycles. The summed E-state index contributed by atoms with van der Waals surface area (Å²) in [7, 11) is 0. The van der Waals surface area contributed by atoms with E-state index in [9.17, 15) is 9.59 Å². The molecule has 0 radical (unpaired) electrons. The minimum absolute atomic E-state index is 0.172. The van der Waals surface area contributed by atoms with Crippen molar-refractivity contribution in [2.75, 3.05) is 0 Å². The molecule has 1 saturated carbocycles. The van der Waals surface area contributed by atoms with Gasteiger partial charge in [0.15, 0.2) is 0 Å². The van der Waals surface area contributed by atoms with Gasteiger partial charge in [0.05, 0.1) is 4.83 Å². The molecule has 0 bridgehead atoms. The van der Waals surface area contributed by atoms with E-state index < -0.39 is 0 Å². The maximum atomic E-state index is 11.0. The Kier molecular flexibility index (Phi) is 2.60. The molecular formula is C7H9BrO2. The topological polar surface area (TPSA) is 34.1 Å². The van der Waals surface area contributed by atoms with Crippen molar-refractivity contribution in [3.8, 4) is 0 Å². The molecule has 1 aliphatic rings. The van der Waals surface area contributed by atoms with Gasteiger partial charge in [0.1, 0.15) is 11.6 Å². The molecule has 0 amide bonds. The third kappa shape index (κ3) is 1.90. The van der Waals surface area contributed by atoms with Crippen molar-refractivity contribution in [3.63, 3.8) is 0 Å². The highest BCUT2D eigenvalue weighted by molar-refractivity contribution is 9.10. The summed E-state index contributed by atoms with van der Waals surface area (Å²) in [6.45, 7) is 0. The third-order valence-corrected chi connectivity index (χ3v) is 2.47. The van der Waals surface area contributed by atoms with E-state index in [1.807, 2.05) is 0 Å². The van der Waals surface area contributed by atoms with E-state index in [1.165, 1.54) is 0 Å². The van der Waals surface area contributed by atoms with Crippen LogP contribution in [0.25, 0.3) is 0 Å². The van der Waals surface area contributed by atoms with E-state index in [0.717, 1.165) is 6.42 Å². The molecule has 0 aromatic carbocycles. The summed E-state index contributed by atoms with van der Waals surface area (Å²) in [5, 5.41) is 0. The maximum absolute atomic E-state index is 11.0. The summed E-state index contributed by atoms with van der Waals surface area (Å²) in [6.07, 6.45) is 2.26. The monoisotopic (exact) mass is 204 g/mol. The SMILES string of the molecule is O=C1CCCC(=O)C(Br)C1. The first-order chi connectivity index (χ1) is 4.70. The first kappa shape index (κ1) is 7.92. The number of rotatable bonds is 0. The summed E-state index contributed by atoms with van der Waals surface area (Å²) in [4.78, 5) is 21.6. The van der Waals surface area contributed by atoms with Crippen molar-refractivity contribution in [2.24, 2.45) is 0 Å². The van der Waals surface area contributed by atoms with Gasteiger partial charge in [-0.3, -0.25) is 9.59 Å². The van der Waals surface area contributed by atoms with Gasteiger partial charge in [-0.1, -0.05) is 15.9 Å². The molecule has 1 unspecified atom stereocenters. The highest BCUT2D eigenvalue weighted by Crippen LogP contribution is 2.17. The van der Waals surface area contributed by atoms with Gasteiger partial charge in [-0.25, -0.2) is 0 Å². The Labute approximate surface area is 68.1 Å². The maximum Gasteiger partial charge on any atom is 0.146 e. The van der Waals surface area contributed by atoms with Crippen LogP contribution in [-0.4, -0.2) is 16.4 Å². The van der Waals surface area contributed by atoms with Crippen LogP contribution in [-0.2, 0) is 9.59 Å². The molecule has 0 aromatic heterocycles. The lowest BCUT2D eigenvalue weighted by Gasteiger charge is -1.99. The molecule has 1 aliphatic carbocycles. The number of ketones is 2. The van der Waals surface area contributed by atoms with Crippen LogP contribution in [0, 0.1) is 0 Å². The van der Waals surface area contributed by atoms with Crippen LogP contribution < -0.4 is 0 Å². The van der Waals surface area contributed by atoms with Crippen LogP contribution in [0.15, 0.2) is 0 Å². The summed E-state index contributed by atoms with van der Waals surface area (Å²) >= 11 is 3.17. The van der Waals surface area contributed by atoms with Gasteiger partial charge >= 0.3 is 0 Å². The fourth-order valence-corrected chi connectivity index (χ4v) is 1.62. The lowest BCUT2D eigenvalue weighted by molar-refractivity contribution is -0.121. The molecule has 1 rings (SSSR count). The van der Waals surface area contributed by atoms with Crippen molar-refractivity contribution in [1.82, 2.24) is 0 Å². The number of halogens is 1. The van der Waals surface area contributed by atoms with Crippen LogP contribution in [0.3, 0.4) is 0 Å². The minimum Gasteiger partial charge on any atom is -0.300 e. The predicted molar refractivity (Wildman–Crippen MR) is 41.2 cm³/mol. The van der Waals surface area contributed by atoms with E-state index in [2.05, 4.69) is 15.9 Å². The zero-order valence-corrected chi connectivity index (χ0v) is 7.19. The highest BCUT2D eigenvalue weighted by Gasteiger charge is 2.21. The zero-order valence-electron chi connectivity index (χ0n) is 5.60. The van der Waals surface area contributed by atoms with Gasteiger partial charge in [0, 0.05) is 19.3 Å². The second-order valence-electron chi connectivity index (χ2n) is 2.53. The van der Waals surface area contributed by atoms with Gasteiger partial charge in [-0.2, -0.15) is 0 Å². The van der Waals surface area contributed by atoms with Crippen molar-refractivity contribution >= 4 is 27.5 Å². The molecule has 10 heavy (non-hydrogen) atoms. The van der Waals surface area contributed by atoms with Crippen LogP contribution in [0.4, 0.5) is 0 Å². The molecule has 3 heteroatoms. The van der Waals surface area contributed by atoms with E-state index in [1.54, 1.807) is 0 Å². The van der Waals surface area contributed by atoms with E-state index >= 15 is 0 Å². The Hall–Kier alpha value is -0.180. The lowest BCUT2D eigenvalue weighted by atomic mass is 10.2. The molecule has 1 atom stereocenters. The van der Waals surface area contributed by atoms with Crippen molar-refractivity contribution in [1.29, 1.82) is 0 Å². The predicted octanol–water partition coefficient (Wildman–Crippen LogP) is 1.46. The van der Waals surface area contributed by atoms with Crippen molar-refractivity contribution in [2.45, 2.75) is 30.5 Å². The van der Waals surface area contributed by atoms with Crippen LogP contribution in [0.5, 0.6) is 0 Å². The molecule has 1 fully saturated rings. The fourth-order valence-electron chi connectivity index (χ4n) is 1.03. The summed E-state index contributed by atoms with van der Waals surface area (Å²) in [6, 6.07) is 0. The van der Waals surface area contributed by atoms with Gasteiger partial charge in [0.2, 0.25) is 0 Å². The molecule has 0 aliphatic heterocycles. The number of alkyl halides is 1. The van der Waals surface area contributed by atoms with Gasteiger partial charge < -0.3 is 0 Å². The first-order valence-corrected chi connectivity index (χ1v) is 4.30. The standard InChI is InChI=1S/C7H9BrO2/c8-6-4-5(9)2-1-3-7(6)10/h6H,1-4H2. The Balaban J connectivity index is 2.57. The largest absolute Gasteiger partial charge is 0.300 e.